The third-order valence-corrected chi connectivity index (χ3v) is 4.14. The van der Waals surface area contributed by atoms with Gasteiger partial charge in [-0.2, -0.15) is 0 Å². The molecule has 1 aliphatic rings. The minimum atomic E-state index is -0.835. The largest absolute Gasteiger partial charge is 0.481 e. The third-order valence-electron chi connectivity index (χ3n) is 4.14. The van der Waals surface area contributed by atoms with E-state index in [2.05, 4.69) is 5.32 Å². The Balaban J connectivity index is 2.50. The van der Waals surface area contributed by atoms with Gasteiger partial charge in [0.15, 0.2) is 0 Å². The number of carbonyl (C=O) groups is 2. The van der Waals surface area contributed by atoms with E-state index in [4.69, 9.17) is 5.11 Å². The number of aliphatic hydroxyl groups is 1. The van der Waals surface area contributed by atoms with Gasteiger partial charge in [-0.1, -0.05) is 20.8 Å². The Morgan fingerprint density at radius 2 is 2.05 bits per heavy atom. The lowest BCUT2D eigenvalue weighted by molar-refractivity contribution is -0.138. The number of amides is 2. The van der Waals surface area contributed by atoms with Crippen molar-refractivity contribution < 1.29 is 19.8 Å². The van der Waals surface area contributed by atoms with Crippen LogP contribution in [0.4, 0.5) is 4.79 Å². The number of carbonyl (C=O) groups excluding carboxylic acids is 1. The molecule has 2 amide bonds. The van der Waals surface area contributed by atoms with E-state index in [-0.39, 0.29) is 31.0 Å². The average molecular weight is 300 g/mol. The first-order valence-corrected chi connectivity index (χ1v) is 7.72. The van der Waals surface area contributed by atoms with Crippen LogP contribution in [-0.4, -0.2) is 52.9 Å². The van der Waals surface area contributed by atoms with Gasteiger partial charge in [0, 0.05) is 19.5 Å². The number of nitrogens with one attached hydrogen (secondary N) is 1. The fourth-order valence-corrected chi connectivity index (χ4v) is 3.02. The van der Waals surface area contributed by atoms with E-state index in [1.54, 1.807) is 4.90 Å². The first-order chi connectivity index (χ1) is 9.85. The maximum atomic E-state index is 12.2. The van der Waals surface area contributed by atoms with Crippen LogP contribution in [0.2, 0.25) is 0 Å². The van der Waals surface area contributed by atoms with Crippen molar-refractivity contribution in [1.82, 2.24) is 10.2 Å². The molecule has 2 unspecified atom stereocenters. The molecule has 0 aromatic carbocycles. The minimum Gasteiger partial charge on any atom is -0.481 e. The lowest BCUT2D eigenvalue weighted by Crippen LogP contribution is -2.46. The Labute approximate surface area is 126 Å². The van der Waals surface area contributed by atoms with Gasteiger partial charge >= 0.3 is 12.0 Å². The second-order valence-electron chi connectivity index (χ2n) is 6.49. The summed E-state index contributed by atoms with van der Waals surface area (Å²) in [7, 11) is 0. The molecule has 1 saturated heterocycles. The topological polar surface area (TPSA) is 89.9 Å². The summed E-state index contributed by atoms with van der Waals surface area (Å²) in [6.45, 7) is 7.10. The highest BCUT2D eigenvalue weighted by Crippen LogP contribution is 2.23. The Bertz CT molecular complexity index is 360. The second-order valence-corrected chi connectivity index (χ2v) is 6.49. The van der Waals surface area contributed by atoms with E-state index in [9.17, 15) is 14.7 Å². The summed E-state index contributed by atoms with van der Waals surface area (Å²) in [6, 6.07) is -0.328. The van der Waals surface area contributed by atoms with E-state index < -0.39 is 5.97 Å². The number of carboxylic acid groups (broad SMARTS) is 1. The van der Waals surface area contributed by atoms with Gasteiger partial charge in [-0.05, 0) is 30.6 Å². The Kier molecular flexibility index (Phi) is 6.95. The number of urea groups is 1. The van der Waals surface area contributed by atoms with Crippen molar-refractivity contribution in [3.63, 3.8) is 0 Å². The van der Waals surface area contributed by atoms with E-state index in [1.165, 1.54) is 0 Å². The monoisotopic (exact) mass is 300 g/mol. The molecule has 0 radical (unpaired) electrons. The molecule has 6 heteroatoms. The van der Waals surface area contributed by atoms with Crippen molar-refractivity contribution in [1.29, 1.82) is 0 Å². The number of hydrogen-bond donors (Lipinski definition) is 3. The van der Waals surface area contributed by atoms with Crippen molar-refractivity contribution in [2.24, 2.45) is 17.8 Å². The highest BCUT2D eigenvalue weighted by Gasteiger charge is 2.33. The lowest BCUT2D eigenvalue weighted by atomic mass is 9.94. The third kappa shape index (κ3) is 5.53. The molecule has 1 rings (SSSR count). The maximum Gasteiger partial charge on any atom is 0.317 e. The van der Waals surface area contributed by atoms with Gasteiger partial charge in [0.2, 0.25) is 0 Å². The summed E-state index contributed by atoms with van der Waals surface area (Å²) >= 11 is 0. The number of nitrogens with zero attached hydrogens (tertiary/aromatic N) is 1. The normalized spacial score (nSPS) is 23.4. The van der Waals surface area contributed by atoms with Gasteiger partial charge in [0.05, 0.1) is 12.6 Å². The summed E-state index contributed by atoms with van der Waals surface area (Å²) in [4.78, 5) is 24.7. The predicted octanol–water partition coefficient (Wildman–Crippen LogP) is 1.54. The van der Waals surface area contributed by atoms with E-state index >= 15 is 0 Å². The summed E-state index contributed by atoms with van der Waals surface area (Å²) < 4.78 is 0. The van der Waals surface area contributed by atoms with Crippen molar-refractivity contribution in [2.75, 3.05) is 19.7 Å². The SMILES string of the molecule is CC(C)C[C@H](CNC(=O)N1CCC(C)C1CO)CC(=O)O. The van der Waals surface area contributed by atoms with Crippen LogP contribution >= 0.6 is 0 Å². The molecule has 1 heterocycles. The quantitative estimate of drug-likeness (QED) is 0.665. The number of carboxylic acids is 1. The number of aliphatic carboxylic acids is 1. The van der Waals surface area contributed by atoms with E-state index in [0.29, 0.717) is 24.9 Å². The molecule has 0 bridgehead atoms. The predicted molar refractivity (Wildman–Crippen MR) is 80.0 cm³/mol. The summed E-state index contributed by atoms with van der Waals surface area (Å²) in [5.74, 6) is -0.202. The molecule has 0 aromatic heterocycles. The number of aliphatic hydroxyl groups excluding tert-OH is 1. The van der Waals surface area contributed by atoms with Gasteiger partial charge in [-0.25, -0.2) is 4.79 Å². The highest BCUT2D eigenvalue weighted by atomic mass is 16.4. The molecule has 1 aliphatic heterocycles. The average Bonchev–Trinajstić information content (AvgIpc) is 2.75. The van der Waals surface area contributed by atoms with Crippen LogP contribution in [0.15, 0.2) is 0 Å². The molecular weight excluding hydrogens is 272 g/mol. The molecule has 6 nitrogen and oxygen atoms in total. The smallest absolute Gasteiger partial charge is 0.317 e. The van der Waals surface area contributed by atoms with Gasteiger partial charge in [0.1, 0.15) is 0 Å². The maximum absolute atomic E-state index is 12.2. The molecule has 21 heavy (non-hydrogen) atoms. The van der Waals surface area contributed by atoms with E-state index in [1.807, 2.05) is 20.8 Å². The fraction of sp³-hybridized carbons (Fsp3) is 0.867. The Hall–Kier alpha value is -1.30. The molecule has 0 spiro atoms. The molecule has 3 atom stereocenters. The van der Waals surface area contributed by atoms with Crippen LogP contribution in [-0.2, 0) is 4.79 Å². The van der Waals surface area contributed by atoms with Crippen molar-refractivity contribution >= 4 is 12.0 Å². The molecule has 1 fully saturated rings. The first kappa shape index (κ1) is 17.8. The van der Waals surface area contributed by atoms with E-state index in [0.717, 1.165) is 12.8 Å². The van der Waals surface area contributed by atoms with Crippen molar-refractivity contribution in [3.8, 4) is 0 Å². The zero-order valence-electron chi connectivity index (χ0n) is 13.2. The summed E-state index contributed by atoms with van der Waals surface area (Å²) in [5, 5.41) is 21.1. The van der Waals surface area contributed by atoms with Crippen LogP contribution < -0.4 is 5.32 Å². The molecule has 122 valence electrons. The number of hydrogen-bond acceptors (Lipinski definition) is 3. The van der Waals surface area contributed by atoms with Crippen LogP contribution in [0.5, 0.6) is 0 Å². The Morgan fingerprint density at radius 3 is 2.57 bits per heavy atom. The van der Waals surface area contributed by atoms with Gasteiger partial charge < -0.3 is 20.4 Å². The fourth-order valence-electron chi connectivity index (χ4n) is 3.02. The van der Waals surface area contributed by atoms with Gasteiger partial charge in [0.25, 0.3) is 0 Å². The van der Waals surface area contributed by atoms with Crippen LogP contribution in [0.25, 0.3) is 0 Å². The zero-order valence-corrected chi connectivity index (χ0v) is 13.2. The number of likely N-dealkylation sites (tertiary alicyclic amines) is 1. The zero-order chi connectivity index (χ0) is 16.0. The summed E-state index contributed by atoms with van der Waals surface area (Å²) in [5.41, 5.74) is 0. The molecule has 3 N–H and O–H groups in total. The highest BCUT2D eigenvalue weighted by molar-refractivity contribution is 5.75. The van der Waals surface area contributed by atoms with Crippen molar-refractivity contribution in [2.45, 2.75) is 46.1 Å². The molecule has 0 aliphatic carbocycles. The van der Waals surface area contributed by atoms with Gasteiger partial charge in [-0.3, -0.25) is 4.79 Å². The van der Waals surface area contributed by atoms with Crippen LogP contribution in [0.1, 0.15) is 40.0 Å². The van der Waals surface area contributed by atoms with Crippen molar-refractivity contribution in [3.05, 3.63) is 0 Å². The molecule has 0 saturated carbocycles. The van der Waals surface area contributed by atoms with Crippen LogP contribution in [0.3, 0.4) is 0 Å². The standard InChI is InChI=1S/C15H28N2O4/c1-10(2)6-12(7-14(19)20)8-16-15(21)17-5-4-11(3)13(17)9-18/h10-13,18H,4-9H2,1-3H3,(H,16,21)(H,19,20)/t11?,12-,13?/m0/s1. The second kappa shape index (κ2) is 8.22. The summed E-state index contributed by atoms with van der Waals surface area (Å²) in [6.07, 6.45) is 1.73. The Morgan fingerprint density at radius 1 is 1.38 bits per heavy atom. The molecule has 0 aromatic rings. The first-order valence-electron chi connectivity index (χ1n) is 7.72. The van der Waals surface area contributed by atoms with Gasteiger partial charge in [-0.15, -0.1) is 0 Å². The number of rotatable bonds is 7. The lowest BCUT2D eigenvalue weighted by Gasteiger charge is -2.26. The van der Waals surface area contributed by atoms with Crippen LogP contribution in [0, 0.1) is 17.8 Å². The minimum absolute atomic E-state index is 0.0286. The molecular formula is C15H28N2O4.